The normalized spacial score (nSPS) is 24.2. The number of benzene rings is 1. The SMILES string of the molecule is CCO[P+]1([O-])Oc2cc(C(C)(C)C)c(C(C)(C)C)cc2[C@H]1C(C)C. The van der Waals surface area contributed by atoms with Gasteiger partial charge in [-0.15, -0.1) is 0 Å². The first-order chi connectivity index (χ1) is 10.8. The van der Waals surface area contributed by atoms with Gasteiger partial charge in [-0.1, -0.05) is 55.4 Å². The van der Waals surface area contributed by atoms with E-state index >= 15 is 0 Å². The van der Waals surface area contributed by atoms with Gasteiger partial charge >= 0.3 is 0 Å². The molecule has 1 unspecified atom stereocenters. The van der Waals surface area contributed by atoms with Gasteiger partial charge in [0.05, 0.1) is 6.61 Å². The van der Waals surface area contributed by atoms with E-state index in [0.29, 0.717) is 6.61 Å². The quantitative estimate of drug-likeness (QED) is 0.672. The Labute approximate surface area is 148 Å². The molecule has 0 spiro atoms. The topological polar surface area (TPSA) is 41.5 Å². The van der Waals surface area contributed by atoms with E-state index in [9.17, 15) is 4.89 Å². The molecule has 1 aromatic rings. The minimum absolute atomic E-state index is 0.00742. The minimum Gasteiger partial charge on any atom is -0.624 e. The predicted molar refractivity (Wildman–Crippen MR) is 101 cm³/mol. The van der Waals surface area contributed by atoms with E-state index in [0.717, 1.165) is 11.3 Å². The molecule has 4 heteroatoms. The largest absolute Gasteiger partial charge is 0.624 e. The standard InChI is InChI=1S/C20H33O3P/c1-10-22-24(21)18(13(2)3)14-11-15(19(4,5)6)16(20(7,8)9)12-17(14)23-24/h11-13,18H,10H2,1-9H3/t18-,24?/m1/s1. The van der Waals surface area contributed by atoms with Gasteiger partial charge in [0.1, 0.15) is 0 Å². The molecule has 0 saturated heterocycles. The molecule has 0 saturated carbocycles. The van der Waals surface area contributed by atoms with Gasteiger partial charge in [-0.05, 0) is 46.9 Å². The van der Waals surface area contributed by atoms with E-state index in [2.05, 4.69) is 67.5 Å². The minimum atomic E-state index is -3.16. The molecule has 2 atom stereocenters. The fourth-order valence-electron chi connectivity index (χ4n) is 3.52. The number of fused-ring (bicyclic) bond motifs is 1. The molecular formula is C20H33O3P. The van der Waals surface area contributed by atoms with Crippen LogP contribution in [0.25, 0.3) is 0 Å². The molecule has 1 heterocycles. The Hall–Kier alpha value is -0.630. The van der Waals surface area contributed by atoms with Crippen LogP contribution in [0.5, 0.6) is 5.75 Å². The summed E-state index contributed by atoms with van der Waals surface area (Å²) in [5.74, 6) is 0.931. The van der Waals surface area contributed by atoms with Crippen molar-refractivity contribution in [3.05, 3.63) is 28.8 Å². The van der Waals surface area contributed by atoms with Crippen LogP contribution in [0.2, 0.25) is 0 Å². The van der Waals surface area contributed by atoms with Crippen molar-refractivity contribution in [1.82, 2.24) is 0 Å². The first kappa shape index (κ1) is 19.7. The van der Waals surface area contributed by atoms with Crippen molar-refractivity contribution in [1.29, 1.82) is 0 Å². The first-order valence-corrected chi connectivity index (χ1v) is 10.5. The van der Waals surface area contributed by atoms with Gasteiger partial charge in [0.25, 0.3) is 7.94 Å². The molecule has 1 aliphatic heterocycles. The van der Waals surface area contributed by atoms with Gasteiger partial charge in [-0.25, -0.2) is 4.52 Å². The summed E-state index contributed by atoms with van der Waals surface area (Å²) in [5, 5.41) is 0. The molecule has 0 fully saturated rings. The van der Waals surface area contributed by atoms with Crippen LogP contribution in [0.3, 0.4) is 0 Å². The third-order valence-corrected chi connectivity index (χ3v) is 7.22. The predicted octanol–water partition coefficient (Wildman–Crippen LogP) is 5.53. The van der Waals surface area contributed by atoms with Crippen LogP contribution in [0, 0.1) is 5.92 Å². The molecule has 0 aromatic heterocycles. The molecule has 0 aliphatic carbocycles. The maximum absolute atomic E-state index is 13.3. The monoisotopic (exact) mass is 352 g/mol. The average molecular weight is 352 g/mol. The van der Waals surface area contributed by atoms with Gasteiger partial charge in [-0.2, -0.15) is 0 Å². The van der Waals surface area contributed by atoms with Gasteiger partial charge in [-0.3, -0.25) is 0 Å². The molecule has 24 heavy (non-hydrogen) atoms. The van der Waals surface area contributed by atoms with Crippen molar-refractivity contribution in [3.63, 3.8) is 0 Å². The zero-order chi connectivity index (χ0) is 18.5. The lowest BCUT2D eigenvalue weighted by atomic mass is 9.74. The lowest BCUT2D eigenvalue weighted by Crippen LogP contribution is -2.23. The Morgan fingerprint density at radius 3 is 2.00 bits per heavy atom. The second-order valence-electron chi connectivity index (χ2n) is 9.17. The molecule has 0 N–H and O–H groups in total. The van der Waals surface area contributed by atoms with E-state index < -0.39 is 7.94 Å². The molecule has 3 nitrogen and oxygen atoms in total. The summed E-state index contributed by atoms with van der Waals surface area (Å²) in [6.07, 6.45) is 0. The van der Waals surface area contributed by atoms with Crippen molar-refractivity contribution in [2.24, 2.45) is 5.92 Å². The van der Waals surface area contributed by atoms with Crippen molar-refractivity contribution in [2.75, 3.05) is 6.61 Å². The third kappa shape index (κ3) is 3.49. The lowest BCUT2D eigenvalue weighted by molar-refractivity contribution is -0.212. The highest BCUT2D eigenvalue weighted by Gasteiger charge is 2.53. The van der Waals surface area contributed by atoms with Gasteiger partial charge in [0.2, 0.25) is 0 Å². The molecule has 1 aliphatic rings. The highest BCUT2D eigenvalue weighted by Crippen LogP contribution is 2.73. The number of hydrogen-bond donors (Lipinski definition) is 0. The Morgan fingerprint density at radius 1 is 1.08 bits per heavy atom. The summed E-state index contributed by atoms with van der Waals surface area (Å²) in [4.78, 5) is 13.3. The Morgan fingerprint density at radius 2 is 1.58 bits per heavy atom. The lowest BCUT2D eigenvalue weighted by Gasteiger charge is -2.31. The Balaban J connectivity index is 2.70. The zero-order valence-electron chi connectivity index (χ0n) is 16.7. The molecule has 2 rings (SSSR count). The molecule has 0 bridgehead atoms. The Bertz CT molecular complexity index is 611. The summed E-state index contributed by atoms with van der Waals surface area (Å²) in [7, 11) is -3.16. The summed E-state index contributed by atoms with van der Waals surface area (Å²) in [5.41, 5.74) is 3.40. The fraction of sp³-hybridized carbons (Fsp3) is 0.700. The maximum atomic E-state index is 13.3. The van der Waals surface area contributed by atoms with Crippen LogP contribution >= 0.6 is 7.94 Å². The summed E-state index contributed by atoms with van der Waals surface area (Å²) in [6.45, 7) is 19.7. The number of rotatable bonds is 3. The van der Waals surface area contributed by atoms with Gasteiger partial charge in [0.15, 0.2) is 11.4 Å². The van der Waals surface area contributed by atoms with E-state index in [1.165, 1.54) is 11.1 Å². The molecule has 0 amide bonds. The van der Waals surface area contributed by atoms with E-state index in [1.807, 2.05) is 6.92 Å². The smallest absolute Gasteiger partial charge is 0.292 e. The van der Waals surface area contributed by atoms with Crippen molar-refractivity contribution >= 4 is 7.94 Å². The van der Waals surface area contributed by atoms with Crippen LogP contribution in [0.4, 0.5) is 0 Å². The van der Waals surface area contributed by atoms with Crippen LogP contribution in [0.15, 0.2) is 12.1 Å². The van der Waals surface area contributed by atoms with Crippen LogP contribution in [-0.4, -0.2) is 6.61 Å². The maximum Gasteiger partial charge on any atom is 0.292 e. The average Bonchev–Trinajstić information content (AvgIpc) is 2.66. The molecular weight excluding hydrogens is 319 g/mol. The summed E-state index contributed by atoms with van der Waals surface area (Å²) >= 11 is 0. The summed E-state index contributed by atoms with van der Waals surface area (Å²) < 4.78 is 11.6. The highest BCUT2D eigenvalue weighted by atomic mass is 31.2. The van der Waals surface area contributed by atoms with Crippen LogP contribution in [-0.2, 0) is 15.4 Å². The second kappa shape index (κ2) is 6.27. The van der Waals surface area contributed by atoms with Crippen molar-refractivity contribution in [3.8, 4) is 5.75 Å². The zero-order valence-corrected chi connectivity index (χ0v) is 17.6. The van der Waals surface area contributed by atoms with E-state index in [-0.39, 0.29) is 22.4 Å². The third-order valence-electron chi connectivity index (χ3n) is 4.59. The first-order valence-electron chi connectivity index (χ1n) is 8.94. The molecule has 1 aromatic carbocycles. The van der Waals surface area contributed by atoms with E-state index in [1.54, 1.807) is 0 Å². The second-order valence-corrected chi connectivity index (χ2v) is 11.3. The van der Waals surface area contributed by atoms with Crippen molar-refractivity contribution in [2.45, 2.75) is 78.8 Å². The van der Waals surface area contributed by atoms with Crippen LogP contribution < -0.4 is 9.42 Å². The Kier molecular flexibility index (Phi) is 5.14. The van der Waals surface area contributed by atoms with E-state index in [4.69, 9.17) is 9.05 Å². The van der Waals surface area contributed by atoms with Gasteiger partial charge in [0, 0.05) is 5.56 Å². The summed E-state index contributed by atoms with van der Waals surface area (Å²) in [6, 6.07) is 4.32. The molecule has 136 valence electrons. The van der Waals surface area contributed by atoms with Crippen molar-refractivity contribution < 1.29 is 13.9 Å². The highest BCUT2D eigenvalue weighted by molar-refractivity contribution is 7.60. The fourth-order valence-corrected chi connectivity index (χ4v) is 5.91. The molecule has 0 radical (unpaired) electrons. The van der Waals surface area contributed by atoms with Gasteiger partial charge < -0.3 is 9.42 Å². The number of hydrogen-bond acceptors (Lipinski definition) is 3. The van der Waals surface area contributed by atoms with Crippen LogP contribution in [0.1, 0.15) is 84.7 Å².